The van der Waals surface area contributed by atoms with E-state index >= 15 is 0 Å². The van der Waals surface area contributed by atoms with Gasteiger partial charge in [0.1, 0.15) is 16.8 Å². The summed E-state index contributed by atoms with van der Waals surface area (Å²) >= 11 is 0. The summed E-state index contributed by atoms with van der Waals surface area (Å²) in [4.78, 5) is 4.36. The zero-order valence-corrected chi connectivity index (χ0v) is 9.81. The molecular weight excluding hydrogens is 228 g/mol. The number of anilines is 2. The molecule has 0 aliphatic rings. The Balaban J connectivity index is 2.10. The maximum atomic E-state index is 9.76. The van der Waals surface area contributed by atoms with Crippen LogP contribution in [0.2, 0.25) is 0 Å². The van der Waals surface area contributed by atoms with Crippen LogP contribution in [0.25, 0.3) is 11.0 Å². The fourth-order valence-corrected chi connectivity index (χ4v) is 1.89. The number of fused-ring (bicyclic) bond motifs is 1. The van der Waals surface area contributed by atoms with Gasteiger partial charge in [0.15, 0.2) is 0 Å². The van der Waals surface area contributed by atoms with Crippen molar-refractivity contribution in [2.24, 2.45) is 0 Å². The van der Waals surface area contributed by atoms with E-state index in [0.717, 1.165) is 22.4 Å². The number of hydrogen-bond acceptors (Lipinski definition) is 4. The molecule has 0 unspecified atom stereocenters. The molecule has 3 rings (SSSR count). The molecule has 90 valence electrons. The maximum absolute atomic E-state index is 9.76. The number of benzene rings is 1. The van der Waals surface area contributed by atoms with Crippen molar-refractivity contribution < 1.29 is 5.11 Å². The maximum Gasteiger partial charge on any atom is 0.139 e. The number of aromatic amines is 1. The van der Waals surface area contributed by atoms with Crippen LogP contribution in [0, 0.1) is 6.92 Å². The molecule has 3 N–H and O–H groups in total. The molecule has 0 fully saturated rings. The highest BCUT2D eigenvalue weighted by Gasteiger charge is 2.07. The summed E-state index contributed by atoms with van der Waals surface area (Å²) in [6.45, 7) is 1.92. The highest BCUT2D eigenvalue weighted by atomic mass is 16.3. The number of aromatic hydroxyl groups is 1. The fraction of sp³-hybridized carbons (Fsp3) is 0.0769. The molecule has 5 heteroatoms. The summed E-state index contributed by atoms with van der Waals surface area (Å²) in [6.07, 6.45) is 1.68. The monoisotopic (exact) mass is 240 g/mol. The third-order valence-corrected chi connectivity index (χ3v) is 2.71. The van der Waals surface area contributed by atoms with E-state index in [1.54, 1.807) is 18.3 Å². The largest absolute Gasteiger partial charge is 0.506 e. The molecule has 0 saturated heterocycles. The second-order valence-corrected chi connectivity index (χ2v) is 4.08. The number of H-pyrrole nitrogens is 1. The average Bonchev–Trinajstić information content (AvgIpc) is 2.80. The summed E-state index contributed by atoms with van der Waals surface area (Å²) in [5.74, 6) is 0.208. The van der Waals surface area contributed by atoms with E-state index in [4.69, 9.17) is 0 Å². The standard InChI is InChI=1S/C13H12N4O/c1-8-6-10(13-11(15-8)7-14-17-13)16-9-4-2-3-5-12(9)18/h2-7,18H,1H3,(H,14,17)(H,15,16). The van der Waals surface area contributed by atoms with Crippen LogP contribution in [0.15, 0.2) is 36.5 Å². The van der Waals surface area contributed by atoms with E-state index < -0.39 is 0 Å². The smallest absolute Gasteiger partial charge is 0.139 e. The lowest BCUT2D eigenvalue weighted by molar-refractivity contribution is 0.478. The number of phenolic OH excluding ortho intramolecular Hbond substituents is 1. The van der Waals surface area contributed by atoms with Gasteiger partial charge in [-0.3, -0.25) is 5.10 Å². The first kappa shape index (κ1) is 10.6. The molecule has 0 saturated carbocycles. The number of pyridine rings is 1. The van der Waals surface area contributed by atoms with E-state index in [0.29, 0.717) is 5.69 Å². The van der Waals surface area contributed by atoms with Crippen molar-refractivity contribution in [1.82, 2.24) is 15.2 Å². The van der Waals surface area contributed by atoms with Crippen molar-refractivity contribution in [3.05, 3.63) is 42.2 Å². The van der Waals surface area contributed by atoms with Crippen molar-refractivity contribution in [2.75, 3.05) is 5.32 Å². The predicted octanol–water partition coefficient (Wildman–Crippen LogP) is 2.72. The van der Waals surface area contributed by atoms with Gasteiger partial charge in [0.05, 0.1) is 17.6 Å². The lowest BCUT2D eigenvalue weighted by Gasteiger charge is -2.09. The summed E-state index contributed by atoms with van der Waals surface area (Å²) in [7, 11) is 0. The highest BCUT2D eigenvalue weighted by Crippen LogP contribution is 2.29. The Morgan fingerprint density at radius 3 is 2.89 bits per heavy atom. The number of aromatic nitrogens is 3. The molecule has 3 aromatic rings. The summed E-state index contributed by atoms with van der Waals surface area (Å²) < 4.78 is 0. The van der Waals surface area contributed by atoms with Crippen LogP contribution >= 0.6 is 0 Å². The number of phenols is 1. The van der Waals surface area contributed by atoms with Gasteiger partial charge >= 0.3 is 0 Å². The second kappa shape index (κ2) is 4.03. The Kier molecular flexibility index (Phi) is 2.37. The molecule has 0 spiro atoms. The van der Waals surface area contributed by atoms with Gasteiger partial charge in [-0.2, -0.15) is 5.10 Å². The molecule has 0 atom stereocenters. The third kappa shape index (κ3) is 1.75. The first-order valence-corrected chi connectivity index (χ1v) is 5.60. The van der Waals surface area contributed by atoms with Crippen molar-refractivity contribution >= 4 is 22.4 Å². The summed E-state index contributed by atoms with van der Waals surface area (Å²) in [5, 5.41) is 19.8. The first-order valence-electron chi connectivity index (χ1n) is 5.60. The lowest BCUT2D eigenvalue weighted by Crippen LogP contribution is -1.94. The molecule has 18 heavy (non-hydrogen) atoms. The minimum atomic E-state index is 0.208. The van der Waals surface area contributed by atoms with E-state index in [-0.39, 0.29) is 5.75 Å². The molecule has 0 amide bonds. The van der Waals surface area contributed by atoms with Crippen LogP contribution in [0.1, 0.15) is 5.69 Å². The molecule has 0 aliphatic heterocycles. The molecule has 2 aromatic heterocycles. The Morgan fingerprint density at radius 2 is 2.06 bits per heavy atom. The molecule has 0 radical (unpaired) electrons. The van der Waals surface area contributed by atoms with E-state index in [1.165, 1.54) is 0 Å². The van der Waals surface area contributed by atoms with E-state index in [9.17, 15) is 5.11 Å². The SMILES string of the molecule is Cc1cc(Nc2ccccc2O)c2[nH]ncc2n1. The molecule has 1 aromatic carbocycles. The molecule has 2 heterocycles. The Hall–Kier alpha value is -2.56. The lowest BCUT2D eigenvalue weighted by atomic mass is 10.2. The van der Waals surface area contributed by atoms with Crippen LogP contribution in [-0.2, 0) is 0 Å². The molecule has 5 nitrogen and oxygen atoms in total. The van der Waals surface area contributed by atoms with Crippen molar-refractivity contribution in [3.63, 3.8) is 0 Å². The number of nitrogens with zero attached hydrogens (tertiary/aromatic N) is 2. The van der Waals surface area contributed by atoms with Crippen LogP contribution in [0.3, 0.4) is 0 Å². The average molecular weight is 240 g/mol. The van der Waals surface area contributed by atoms with E-state index in [1.807, 2.05) is 25.1 Å². The number of aryl methyl sites for hydroxylation is 1. The summed E-state index contributed by atoms with van der Waals surface area (Å²) in [5.41, 5.74) is 4.01. The first-order chi connectivity index (χ1) is 8.74. The fourth-order valence-electron chi connectivity index (χ4n) is 1.89. The molecule has 0 bridgehead atoms. The normalized spacial score (nSPS) is 10.7. The predicted molar refractivity (Wildman–Crippen MR) is 70.0 cm³/mol. The number of nitrogens with one attached hydrogen (secondary N) is 2. The Bertz CT molecular complexity index is 705. The van der Waals surface area contributed by atoms with Gasteiger partial charge in [-0.25, -0.2) is 4.98 Å². The van der Waals surface area contributed by atoms with Gasteiger partial charge in [0, 0.05) is 5.69 Å². The Labute approximate surface area is 103 Å². The highest BCUT2D eigenvalue weighted by molar-refractivity contribution is 5.90. The molecular formula is C13H12N4O. The number of hydrogen-bond donors (Lipinski definition) is 3. The molecule has 0 aliphatic carbocycles. The van der Waals surface area contributed by atoms with Gasteiger partial charge in [-0.15, -0.1) is 0 Å². The minimum absolute atomic E-state index is 0.208. The van der Waals surface area contributed by atoms with Crippen molar-refractivity contribution in [1.29, 1.82) is 0 Å². The van der Waals surface area contributed by atoms with Gasteiger partial charge < -0.3 is 10.4 Å². The van der Waals surface area contributed by atoms with Crippen molar-refractivity contribution in [3.8, 4) is 5.75 Å². The zero-order valence-electron chi connectivity index (χ0n) is 9.81. The number of para-hydroxylation sites is 2. The zero-order chi connectivity index (χ0) is 12.5. The summed E-state index contributed by atoms with van der Waals surface area (Å²) in [6, 6.07) is 9.01. The van der Waals surface area contributed by atoms with Gasteiger partial charge in [-0.1, -0.05) is 12.1 Å². The second-order valence-electron chi connectivity index (χ2n) is 4.08. The minimum Gasteiger partial charge on any atom is -0.506 e. The third-order valence-electron chi connectivity index (χ3n) is 2.71. The van der Waals surface area contributed by atoms with E-state index in [2.05, 4.69) is 20.5 Å². The van der Waals surface area contributed by atoms with Crippen LogP contribution in [0.4, 0.5) is 11.4 Å². The van der Waals surface area contributed by atoms with Crippen LogP contribution in [0.5, 0.6) is 5.75 Å². The Morgan fingerprint density at radius 1 is 1.22 bits per heavy atom. The van der Waals surface area contributed by atoms with Crippen LogP contribution in [-0.4, -0.2) is 20.3 Å². The topological polar surface area (TPSA) is 73.8 Å². The quantitative estimate of drug-likeness (QED) is 0.602. The number of rotatable bonds is 2. The van der Waals surface area contributed by atoms with Crippen LogP contribution < -0.4 is 5.32 Å². The van der Waals surface area contributed by atoms with Gasteiger partial charge in [-0.05, 0) is 25.1 Å². The van der Waals surface area contributed by atoms with Crippen molar-refractivity contribution in [2.45, 2.75) is 6.92 Å². The van der Waals surface area contributed by atoms with Gasteiger partial charge in [0.2, 0.25) is 0 Å². The van der Waals surface area contributed by atoms with Gasteiger partial charge in [0.25, 0.3) is 0 Å².